The number of rotatable bonds is 5. The van der Waals surface area contributed by atoms with E-state index in [1.807, 2.05) is 47.8 Å². The number of aromatic amines is 1. The molecule has 7 heteroatoms. The number of H-pyrrole nitrogens is 1. The van der Waals surface area contributed by atoms with Crippen LogP contribution in [0.1, 0.15) is 11.1 Å². The first-order chi connectivity index (χ1) is 12.6. The minimum absolute atomic E-state index is 0.0684. The van der Waals surface area contributed by atoms with Gasteiger partial charge in [0, 0.05) is 13.6 Å². The van der Waals surface area contributed by atoms with Gasteiger partial charge in [0.1, 0.15) is 0 Å². The van der Waals surface area contributed by atoms with Crippen LogP contribution in [0, 0.1) is 6.92 Å². The van der Waals surface area contributed by atoms with Crippen LogP contribution < -0.4 is 0 Å². The Morgan fingerprint density at radius 3 is 2.81 bits per heavy atom. The van der Waals surface area contributed by atoms with Gasteiger partial charge in [-0.2, -0.15) is 0 Å². The van der Waals surface area contributed by atoms with Crippen LogP contribution in [-0.4, -0.2) is 43.2 Å². The monoisotopic (exact) mass is 365 g/mol. The third-order valence-corrected chi connectivity index (χ3v) is 5.35. The summed E-state index contributed by atoms with van der Waals surface area (Å²) in [4.78, 5) is 18.8. The number of nitrogens with one attached hydrogen (secondary N) is 1. The number of thioether (sulfide) groups is 1. The highest BCUT2D eigenvalue weighted by molar-refractivity contribution is 7.99. The van der Waals surface area contributed by atoms with Crippen LogP contribution in [-0.2, 0) is 11.3 Å². The Morgan fingerprint density at radius 2 is 1.96 bits per heavy atom. The molecule has 0 atom stereocenters. The van der Waals surface area contributed by atoms with Crippen LogP contribution in [0.3, 0.4) is 0 Å². The van der Waals surface area contributed by atoms with E-state index >= 15 is 0 Å². The number of benzene rings is 2. The first-order valence-electron chi connectivity index (χ1n) is 8.36. The highest BCUT2D eigenvalue weighted by atomic mass is 32.2. The molecule has 0 aliphatic rings. The van der Waals surface area contributed by atoms with E-state index < -0.39 is 0 Å². The Labute approximate surface area is 155 Å². The highest BCUT2D eigenvalue weighted by Crippen LogP contribution is 2.23. The summed E-state index contributed by atoms with van der Waals surface area (Å²) in [5, 5.41) is 7.98. The summed E-state index contributed by atoms with van der Waals surface area (Å²) in [5.74, 6) is 1.09. The zero-order valence-corrected chi connectivity index (χ0v) is 15.5. The lowest BCUT2D eigenvalue weighted by molar-refractivity contribution is -0.127. The van der Waals surface area contributed by atoms with Crippen molar-refractivity contribution < 1.29 is 4.79 Å². The number of carbonyl (C=O) groups is 1. The number of nitrogens with zero attached hydrogens (tertiary/aromatic N) is 4. The normalized spacial score (nSPS) is 11.3. The molecule has 0 unspecified atom stereocenters. The predicted molar refractivity (Wildman–Crippen MR) is 103 cm³/mol. The standard InChI is InChI=1S/C19H19N5OS/c1-13-7-3-4-8-14(13)11-23(2)17(25)12-26-19-22-21-18-20-15-9-5-6-10-16(15)24(18)19/h3-10H,11-12H2,1-2H3,(H,20,21). The molecule has 2 aromatic carbocycles. The number of hydrogen-bond acceptors (Lipinski definition) is 4. The Kier molecular flexibility index (Phi) is 4.38. The number of carbonyl (C=O) groups excluding carboxylic acids is 1. The molecule has 0 saturated heterocycles. The SMILES string of the molecule is Cc1ccccc1CN(C)C(=O)CSc1n[nH]c2nc3ccccc3n12. The number of imidazole rings is 1. The number of aromatic nitrogens is 4. The smallest absolute Gasteiger partial charge is 0.233 e. The van der Waals surface area contributed by atoms with Crippen LogP contribution in [0.15, 0.2) is 53.7 Å². The lowest BCUT2D eigenvalue weighted by atomic mass is 10.1. The van der Waals surface area contributed by atoms with Gasteiger partial charge in [0.15, 0.2) is 5.16 Å². The van der Waals surface area contributed by atoms with E-state index in [2.05, 4.69) is 34.2 Å². The first kappa shape index (κ1) is 16.7. The van der Waals surface area contributed by atoms with Gasteiger partial charge in [0.25, 0.3) is 0 Å². The van der Waals surface area contributed by atoms with E-state index in [-0.39, 0.29) is 5.91 Å². The van der Waals surface area contributed by atoms with Crippen LogP contribution >= 0.6 is 11.8 Å². The number of aryl methyl sites for hydroxylation is 1. The zero-order chi connectivity index (χ0) is 18.1. The average molecular weight is 365 g/mol. The minimum Gasteiger partial charge on any atom is -0.341 e. The second kappa shape index (κ2) is 6.84. The van der Waals surface area contributed by atoms with E-state index in [1.54, 1.807) is 4.90 Å². The summed E-state index contributed by atoms with van der Waals surface area (Å²) in [6.45, 7) is 2.67. The summed E-state index contributed by atoms with van der Waals surface area (Å²) in [6.07, 6.45) is 0. The largest absolute Gasteiger partial charge is 0.341 e. The molecule has 0 fully saturated rings. The van der Waals surface area contributed by atoms with Gasteiger partial charge in [-0.05, 0) is 30.2 Å². The lowest BCUT2D eigenvalue weighted by Gasteiger charge is -2.18. The summed E-state index contributed by atoms with van der Waals surface area (Å²) >= 11 is 1.42. The maximum absolute atomic E-state index is 12.5. The summed E-state index contributed by atoms with van der Waals surface area (Å²) in [6, 6.07) is 16.0. The maximum Gasteiger partial charge on any atom is 0.233 e. The molecule has 132 valence electrons. The van der Waals surface area contributed by atoms with Crippen molar-refractivity contribution in [3.63, 3.8) is 0 Å². The minimum atomic E-state index is 0.0684. The van der Waals surface area contributed by atoms with Gasteiger partial charge in [-0.1, -0.05) is 48.2 Å². The van der Waals surface area contributed by atoms with Crippen molar-refractivity contribution in [2.45, 2.75) is 18.6 Å². The van der Waals surface area contributed by atoms with Crippen LogP contribution in [0.25, 0.3) is 16.8 Å². The number of fused-ring (bicyclic) bond motifs is 3. The molecule has 1 N–H and O–H groups in total. The second-order valence-corrected chi connectivity index (χ2v) is 7.17. The van der Waals surface area contributed by atoms with Gasteiger partial charge in [0.05, 0.1) is 16.8 Å². The van der Waals surface area contributed by atoms with Crippen LogP contribution in [0.2, 0.25) is 0 Å². The highest BCUT2D eigenvalue weighted by Gasteiger charge is 2.15. The molecule has 4 rings (SSSR count). The number of hydrogen-bond donors (Lipinski definition) is 1. The lowest BCUT2D eigenvalue weighted by Crippen LogP contribution is -2.28. The molecule has 0 aliphatic carbocycles. The molecular formula is C19H19N5OS. The van der Waals surface area contributed by atoms with Gasteiger partial charge in [-0.25, -0.2) is 10.1 Å². The van der Waals surface area contributed by atoms with Gasteiger partial charge in [0.2, 0.25) is 11.7 Å². The summed E-state index contributed by atoms with van der Waals surface area (Å²) in [7, 11) is 1.84. The second-order valence-electron chi connectivity index (χ2n) is 6.23. The van der Waals surface area contributed by atoms with Crippen molar-refractivity contribution >= 4 is 34.5 Å². The van der Waals surface area contributed by atoms with Crippen molar-refractivity contribution in [3.8, 4) is 0 Å². The fourth-order valence-electron chi connectivity index (χ4n) is 2.91. The van der Waals surface area contributed by atoms with Gasteiger partial charge in [-0.3, -0.25) is 9.20 Å². The Morgan fingerprint density at radius 1 is 1.19 bits per heavy atom. The van der Waals surface area contributed by atoms with Crippen LogP contribution in [0.4, 0.5) is 0 Å². The Hall–Kier alpha value is -2.80. The van der Waals surface area contributed by atoms with E-state index in [0.29, 0.717) is 18.1 Å². The average Bonchev–Trinajstić information content (AvgIpc) is 3.20. The maximum atomic E-state index is 12.5. The van der Waals surface area contributed by atoms with E-state index in [0.717, 1.165) is 21.8 Å². The fourth-order valence-corrected chi connectivity index (χ4v) is 3.80. The molecule has 26 heavy (non-hydrogen) atoms. The van der Waals surface area contributed by atoms with Crippen molar-refractivity contribution in [2.24, 2.45) is 0 Å². The molecule has 0 saturated carbocycles. The fraction of sp³-hybridized carbons (Fsp3) is 0.211. The molecular weight excluding hydrogens is 346 g/mol. The van der Waals surface area contributed by atoms with Gasteiger partial charge in [-0.15, -0.1) is 5.10 Å². The summed E-state index contributed by atoms with van der Waals surface area (Å²) < 4.78 is 1.95. The number of para-hydroxylation sites is 2. The molecule has 2 heterocycles. The molecule has 1 amide bonds. The topological polar surface area (TPSA) is 66.3 Å². The Bertz CT molecular complexity index is 1080. The molecule has 0 spiro atoms. The van der Waals surface area contributed by atoms with Crippen molar-refractivity contribution in [1.82, 2.24) is 24.5 Å². The molecule has 2 aromatic heterocycles. The van der Waals surface area contributed by atoms with Crippen LogP contribution in [0.5, 0.6) is 0 Å². The van der Waals surface area contributed by atoms with Crippen molar-refractivity contribution in [3.05, 3.63) is 59.7 Å². The predicted octanol–water partition coefficient (Wildman–Crippen LogP) is 3.27. The molecule has 6 nitrogen and oxygen atoms in total. The third-order valence-electron chi connectivity index (χ3n) is 4.42. The third kappa shape index (κ3) is 3.06. The van der Waals surface area contributed by atoms with Gasteiger partial charge < -0.3 is 4.90 Å². The molecule has 0 bridgehead atoms. The van der Waals surface area contributed by atoms with Gasteiger partial charge >= 0.3 is 0 Å². The molecule has 0 aliphatic heterocycles. The zero-order valence-electron chi connectivity index (χ0n) is 14.6. The Balaban J connectivity index is 1.47. The van der Waals surface area contributed by atoms with E-state index in [4.69, 9.17) is 0 Å². The quantitative estimate of drug-likeness (QED) is 0.551. The van der Waals surface area contributed by atoms with Crippen molar-refractivity contribution in [2.75, 3.05) is 12.8 Å². The summed E-state index contributed by atoms with van der Waals surface area (Å²) in [5.41, 5.74) is 4.25. The molecule has 0 radical (unpaired) electrons. The number of amides is 1. The van der Waals surface area contributed by atoms with E-state index in [9.17, 15) is 4.79 Å². The van der Waals surface area contributed by atoms with Crippen molar-refractivity contribution in [1.29, 1.82) is 0 Å². The molecule has 4 aromatic rings. The van der Waals surface area contributed by atoms with E-state index in [1.165, 1.54) is 17.3 Å². The first-order valence-corrected chi connectivity index (χ1v) is 9.35.